The SMILES string of the molecule is C[C@H](NP(=O)(OC[C@H]1O[C@@](C)(c2ccc3c(N)ncnn23)[C@@H]2OC(C)(C)O[C@@H]21)Oc1ccc(C(C)(C)C)cc1)C(=O)OC1CCC1. The first-order chi connectivity index (χ1) is 21.6. The molecule has 3 N–H and O–H groups in total. The predicted octanol–water partition coefficient (Wildman–Crippen LogP) is 5.02. The van der Waals surface area contributed by atoms with Crippen LogP contribution in [0.15, 0.2) is 42.7 Å². The van der Waals surface area contributed by atoms with Crippen molar-refractivity contribution >= 4 is 25.1 Å². The van der Waals surface area contributed by atoms with E-state index in [4.69, 9.17) is 33.7 Å². The van der Waals surface area contributed by atoms with E-state index in [1.807, 2.05) is 45.0 Å². The molecule has 0 amide bonds. The zero-order valence-corrected chi connectivity index (χ0v) is 28.3. The first-order valence-electron chi connectivity index (χ1n) is 15.7. The van der Waals surface area contributed by atoms with Crippen LogP contribution in [0.2, 0.25) is 0 Å². The normalized spacial score (nSPS) is 27.9. The molecule has 14 heteroatoms. The number of nitrogens with zero attached hydrogens (tertiary/aromatic N) is 3. The molecule has 1 saturated carbocycles. The molecular weight excluding hydrogens is 613 g/mol. The Morgan fingerprint density at radius 1 is 1.13 bits per heavy atom. The minimum Gasteiger partial charge on any atom is -0.461 e. The van der Waals surface area contributed by atoms with E-state index >= 15 is 0 Å². The van der Waals surface area contributed by atoms with E-state index in [-0.39, 0.29) is 18.1 Å². The Labute approximate surface area is 269 Å². The Kier molecular flexibility index (Phi) is 8.48. The number of carbonyl (C=O) groups excluding carboxylic acids is 1. The monoisotopic (exact) mass is 657 g/mol. The van der Waals surface area contributed by atoms with Crippen molar-refractivity contribution in [1.82, 2.24) is 19.7 Å². The maximum absolute atomic E-state index is 14.4. The summed E-state index contributed by atoms with van der Waals surface area (Å²) >= 11 is 0. The standard InChI is InChI=1S/C32H44N5O8P/c1-19(29(38)41-21-9-8-10-21)36-46(39,45-22-13-11-20(12-14-22)30(2,3)4)40-17-24-26-27(44-31(5,6)43-26)32(7,42-24)25-16-15-23-28(33)34-18-35-37(23)25/h11-16,18-19,21,24,26-27H,8-10,17H2,1-7H3,(H,36,39)(H2,33,34,35)/t19-,24+,26+,27+,32-,46?/m0/s1. The molecule has 3 aliphatic rings. The number of fused-ring (bicyclic) bond motifs is 2. The maximum atomic E-state index is 14.4. The lowest BCUT2D eigenvalue weighted by molar-refractivity contribution is -0.212. The van der Waals surface area contributed by atoms with Gasteiger partial charge in [-0.1, -0.05) is 32.9 Å². The van der Waals surface area contributed by atoms with E-state index in [1.165, 1.54) is 6.33 Å². The van der Waals surface area contributed by atoms with Gasteiger partial charge in [0, 0.05) is 0 Å². The van der Waals surface area contributed by atoms with Gasteiger partial charge >= 0.3 is 13.7 Å². The molecule has 1 unspecified atom stereocenters. The highest BCUT2D eigenvalue weighted by molar-refractivity contribution is 7.52. The number of nitrogen functional groups attached to an aromatic ring is 1. The first-order valence-corrected chi connectivity index (χ1v) is 17.3. The van der Waals surface area contributed by atoms with Crippen molar-refractivity contribution < 1.29 is 37.4 Å². The van der Waals surface area contributed by atoms with Crippen LogP contribution >= 0.6 is 7.75 Å². The number of esters is 1. The van der Waals surface area contributed by atoms with Crippen molar-refractivity contribution in [3.05, 3.63) is 54.0 Å². The average Bonchev–Trinajstić information content (AvgIpc) is 3.61. The van der Waals surface area contributed by atoms with Gasteiger partial charge in [-0.2, -0.15) is 10.2 Å². The minimum absolute atomic E-state index is 0.0834. The largest absolute Gasteiger partial charge is 0.461 e. The fraction of sp³-hybridized carbons (Fsp3) is 0.594. The molecule has 6 rings (SSSR count). The summed E-state index contributed by atoms with van der Waals surface area (Å²) in [6.45, 7) is 13.2. The Morgan fingerprint density at radius 3 is 2.50 bits per heavy atom. The van der Waals surface area contributed by atoms with Crippen molar-refractivity contribution in [2.24, 2.45) is 0 Å². The lowest BCUT2D eigenvalue weighted by atomic mass is 9.87. The van der Waals surface area contributed by atoms with Crippen LogP contribution in [0.3, 0.4) is 0 Å². The second-order valence-electron chi connectivity index (χ2n) is 13.9. The van der Waals surface area contributed by atoms with Crippen LogP contribution in [0, 0.1) is 0 Å². The summed E-state index contributed by atoms with van der Waals surface area (Å²) in [5.41, 5.74) is 7.35. The van der Waals surface area contributed by atoms with Crippen LogP contribution in [0.4, 0.5) is 5.82 Å². The summed E-state index contributed by atoms with van der Waals surface area (Å²) in [5, 5.41) is 7.19. The number of nitrogens with two attached hydrogens (primary N) is 1. The van der Waals surface area contributed by atoms with Crippen LogP contribution in [0.1, 0.15) is 79.0 Å². The van der Waals surface area contributed by atoms with Crippen LogP contribution in [-0.4, -0.2) is 63.4 Å². The quantitative estimate of drug-likeness (QED) is 0.222. The van der Waals surface area contributed by atoms with Gasteiger partial charge in [0.1, 0.15) is 53.7 Å². The summed E-state index contributed by atoms with van der Waals surface area (Å²) in [4.78, 5) is 16.9. The van der Waals surface area contributed by atoms with Gasteiger partial charge < -0.3 is 29.2 Å². The first kappa shape index (κ1) is 32.9. The van der Waals surface area contributed by atoms with Crippen molar-refractivity contribution in [2.45, 2.75) is 115 Å². The molecular formula is C32H44N5O8P. The van der Waals surface area contributed by atoms with E-state index in [0.717, 1.165) is 24.8 Å². The molecule has 13 nitrogen and oxygen atoms in total. The van der Waals surface area contributed by atoms with Crippen molar-refractivity contribution in [1.29, 1.82) is 0 Å². The molecule has 3 fully saturated rings. The van der Waals surface area contributed by atoms with Gasteiger partial charge in [0.2, 0.25) is 0 Å². The van der Waals surface area contributed by atoms with Crippen LogP contribution in [-0.2, 0) is 43.8 Å². The zero-order chi connectivity index (χ0) is 33.1. The van der Waals surface area contributed by atoms with E-state index in [9.17, 15) is 9.36 Å². The van der Waals surface area contributed by atoms with Gasteiger partial charge in [-0.15, -0.1) is 0 Å². The topological polar surface area (TPSA) is 158 Å². The molecule has 1 aliphatic carbocycles. The summed E-state index contributed by atoms with van der Waals surface area (Å²) < 4.78 is 53.0. The van der Waals surface area contributed by atoms with Crippen molar-refractivity contribution in [3.63, 3.8) is 0 Å². The van der Waals surface area contributed by atoms with Crippen molar-refractivity contribution in [3.8, 4) is 5.75 Å². The molecule has 0 bridgehead atoms. The summed E-state index contributed by atoms with van der Waals surface area (Å²) in [5.74, 6) is -0.808. The lowest BCUT2D eigenvalue weighted by Gasteiger charge is -2.31. The molecule has 1 aromatic carbocycles. The second kappa shape index (κ2) is 11.9. The Balaban J connectivity index is 1.25. The molecule has 0 radical (unpaired) electrons. The smallest absolute Gasteiger partial charge is 0.459 e. The van der Waals surface area contributed by atoms with Gasteiger partial charge in [0.05, 0.1) is 12.3 Å². The summed E-state index contributed by atoms with van der Waals surface area (Å²) in [6.07, 6.45) is 2.00. The summed E-state index contributed by atoms with van der Waals surface area (Å²) in [7, 11) is -4.18. The van der Waals surface area contributed by atoms with E-state index in [2.05, 4.69) is 35.9 Å². The fourth-order valence-electron chi connectivity index (χ4n) is 6.06. The molecule has 46 heavy (non-hydrogen) atoms. The van der Waals surface area contributed by atoms with Crippen LogP contribution in [0.5, 0.6) is 5.75 Å². The fourth-order valence-corrected chi connectivity index (χ4v) is 7.56. The van der Waals surface area contributed by atoms with Crippen molar-refractivity contribution in [2.75, 3.05) is 12.3 Å². The molecule has 4 heterocycles. The molecule has 2 saturated heterocycles. The number of anilines is 1. The molecule has 0 spiro atoms. The lowest BCUT2D eigenvalue weighted by Crippen LogP contribution is -2.39. The minimum atomic E-state index is -4.18. The predicted molar refractivity (Wildman–Crippen MR) is 169 cm³/mol. The van der Waals surface area contributed by atoms with Gasteiger partial charge in [0.25, 0.3) is 0 Å². The number of hydrogen-bond donors (Lipinski definition) is 2. The number of nitrogens with one attached hydrogen (secondary N) is 1. The molecule has 250 valence electrons. The second-order valence-corrected chi connectivity index (χ2v) is 15.6. The number of rotatable bonds is 10. The van der Waals surface area contributed by atoms with Crippen LogP contribution < -0.4 is 15.3 Å². The molecule has 3 aromatic rings. The van der Waals surface area contributed by atoms with Crippen LogP contribution in [0.25, 0.3) is 5.52 Å². The Bertz CT molecular complexity index is 1640. The number of hydrogen-bond acceptors (Lipinski definition) is 11. The highest BCUT2D eigenvalue weighted by Gasteiger charge is 2.62. The van der Waals surface area contributed by atoms with E-state index in [1.54, 1.807) is 23.6 Å². The Hall–Kier alpha value is -3.06. The van der Waals surface area contributed by atoms with E-state index in [0.29, 0.717) is 22.8 Å². The summed E-state index contributed by atoms with van der Waals surface area (Å²) in [6, 6.07) is 10.0. The van der Waals surface area contributed by atoms with Gasteiger partial charge in [-0.05, 0) is 82.2 Å². The zero-order valence-electron chi connectivity index (χ0n) is 27.4. The third-order valence-corrected chi connectivity index (χ3v) is 10.5. The van der Waals surface area contributed by atoms with Gasteiger partial charge in [-0.25, -0.2) is 14.1 Å². The number of aromatic nitrogens is 3. The molecule has 6 atom stereocenters. The number of benzene rings is 1. The third kappa shape index (κ3) is 6.41. The number of carbonyl (C=O) groups is 1. The third-order valence-electron chi connectivity index (χ3n) is 8.82. The molecule has 2 aromatic heterocycles. The maximum Gasteiger partial charge on any atom is 0.459 e. The van der Waals surface area contributed by atoms with Gasteiger partial charge in [0.15, 0.2) is 11.6 Å². The highest BCUT2D eigenvalue weighted by Crippen LogP contribution is 2.51. The van der Waals surface area contributed by atoms with Gasteiger partial charge in [-0.3, -0.25) is 9.32 Å². The average molecular weight is 658 g/mol. The highest BCUT2D eigenvalue weighted by atomic mass is 31.2. The molecule has 2 aliphatic heterocycles. The van der Waals surface area contributed by atoms with E-state index < -0.39 is 49.5 Å². The Morgan fingerprint density at radius 2 is 1.85 bits per heavy atom. The number of ether oxygens (including phenoxy) is 4.